The van der Waals surface area contributed by atoms with Crippen LogP contribution in [-0.4, -0.2) is 50.6 Å². The van der Waals surface area contributed by atoms with Crippen LogP contribution in [0.1, 0.15) is 13.3 Å². The highest BCUT2D eigenvalue weighted by Crippen LogP contribution is 2.06. The molecule has 1 aliphatic heterocycles. The quantitative estimate of drug-likeness (QED) is 0.678. The number of hydrogen-bond donors (Lipinski definition) is 0. The molecule has 0 aliphatic carbocycles. The van der Waals surface area contributed by atoms with E-state index in [9.17, 15) is 12.8 Å². The van der Waals surface area contributed by atoms with Gasteiger partial charge in [0.05, 0.1) is 17.7 Å². The smallest absolute Gasteiger partial charge is 0.152 e. The van der Waals surface area contributed by atoms with Crippen LogP contribution in [0.4, 0.5) is 4.39 Å². The van der Waals surface area contributed by atoms with Crippen molar-refractivity contribution in [1.29, 1.82) is 0 Å². The Morgan fingerprint density at radius 3 is 2.38 bits per heavy atom. The number of hydrogen-bond acceptors (Lipinski definition) is 3. The van der Waals surface area contributed by atoms with Crippen LogP contribution < -0.4 is 0 Å². The Bertz CT molecular complexity index is 237. The Morgan fingerprint density at radius 2 is 1.92 bits per heavy atom. The number of rotatable bonds is 3. The van der Waals surface area contributed by atoms with Crippen molar-refractivity contribution in [2.45, 2.75) is 19.5 Å². The molecule has 1 unspecified atom stereocenters. The average Bonchev–Trinajstić information content (AvgIpc) is 2.02. The van der Waals surface area contributed by atoms with Gasteiger partial charge in [-0.3, -0.25) is 0 Å². The van der Waals surface area contributed by atoms with E-state index in [-0.39, 0.29) is 11.5 Å². The summed E-state index contributed by atoms with van der Waals surface area (Å²) in [6.07, 6.45) is -0.293. The van der Waals surface area contributed by atoms with Gasteiger partial charge in [0.15, 0.2) is 9.84 Å². The lowest BCUT2D eigenvalue weighted by Gasteiger charge is -2.26. The number of nitrogens with zero attached hydrogens (tertiary/aromatic N) is 1. The second-order valence-corrected chi connectivity index (χ2v) is 5.87. The topological polar surface area (TPSA) is 37.4 Å². The third-order valence-electron chi connectivity index (χ3n) is 2.28. The largest absolute Gasteiger partial charge is 0.301 e. The lowest BCUT2D eigenvalue weighted by atomic mass is 10.3. The molecule has 0 aromatic carbocycles. The number of alkyl halides is 1. The fraction of sp³-hybridized carbons (Fsp3) is 1.00. The minimum atomic E-state index is -2.79. The fourth-order valence-electron chi connectivity index (χ4n) is 1.33. The Morgan fingerprint density at radius 1 is 1.38 bits per heavy atom. The van der Waals surface area contributed by atoms with Gasteiger partial charge in [-0.2, -0.15) is 0 Å². The molecule has 0 aromatic heterocycles. The molecule has 0 aromatic rings. The summed E-state index contributed by atoms with van der Waals surface area (Å²) in [7, 11) is -2.79. The zero-order chi connectivity index (χ0) is 9.90. The standard InChI is InChI=1S/C8H16FNO2S/c1-8(9)2-3-10-4-6-13(11,12)7-5-10/h8H,2-7H2,1H3. The van der Waals surface area contributed by atoms with Gasteiger partial charge in [-0.25, -0.2) is 12.8 Å². The highest BCUT2D eigenvalue weighted by atomic mass is 32.2. The summed E-state index contributed by atoms with van der Waals surface area (Å²) < 4.78 is 34.5. The monoisotopic (exact) mass is 209 g/mol. The van der Waals surface area contributed by atoms with E-state index < -0.39 is 16.0 Å². The average molecular weight is 209 g/mol. The van der Waals surface area contributed by atoms with Crippen molar-refractivity contribution >= 4 is 9.84 Å². The minimum absolute atomic E-state index is 0.230. The molecule has 0 spiro atoms. The maximum absolute atomic E-state index is 12.5. The van der Waals surface area contributed by atoms with Crippen molar-refractivity contribution in [3.05, 3.63) is 0 Å². The second-order valence-electron chi connectivity index (χ2n) is 3.56. The van der Waals surface area contributed by atoms with Crippen molar-refractivity contribution in [3.63, 3.8) is 0 Å². The van der Waals surface area contributed by atoms with Gasteiger partial charge in [0.1, 0.15) is 0 Å². The first-order valence-electron chi connectivity index (χ1n) is 4.56. The summed E-state index contributed by atoms with van der Waals surface area (Å²) in [6, 6.07) is 0. The molecular weight excluding hydrogens is 193 g/mol. The molecule has 5 heteroatoms. The van der Waals surface area contributed by atoms with Crippen LogP contribution in [0.3, 0.4) is 0 Å². The lowest BCUT2D eigenvalue weighted by molar-refractivity contribution is 0.245. The molecule has 1 rings (SSSR count). The van der Waals surface area contributed by atoms with Crippen molar-refractivity contribution in [3.8, 4) is 0 Å². The molecule has 0 N–H and O–H groups in total. The van der Waals surface area contributed by atoms with Crippen LogP contribution in [0.15, 0.2) is 0 Å². The molecule has 1 saturated heterocycles. The first-order valence-corrected chi connectivity index (χ1v) is 6.38. The summed E-state index contributed by atoms with van der Waals surface area (Å²) >= 11 is 0. The maximum Gasteiger partial charge on any atom is 0.152 e. The van der Waals surface area contributed by atoms with Crippen molar-refractivity contribution in [2.24, 2.45) is 0 Å². The third kappa shape index (κ3) is 4.04. The van der Waals surface area contributed by atoms with E-state index in [2.05, 4.69) is 0 Å². The minimum Gasteiger partial charge on any atom is -0.301 e. The van der Waals surface area contributed by atoms with Gasteiger partial charge in [-0.15, -0.1) is 0 Å². The van der Waals surface area contributed by atoms with Crippen LogP contribution in [0.2, 0.25) is 0 Å². The second kappa shape index (κ2) is 4.37. The lowest BCUT2D eigenvalue weighted by Crippen LogP contribution is -2.41. The Labute approximate surface area is 78.8 Å². The molecule has 0 amide bonds. The third-order valence-corrected chi connectivity index (χ3v) is 3.89. The van der Waals surface area contributed by atoms with Crippen LogP contribution in [-0.2, 0) is 9.84 Å². The van der Waals surface area contributed by atoms with Crippen molar-refractivity contribution in [1.82, 2.24) is 4.90 Å². The Balaban J connectivity index is 2.26. The summed E-state index contributed by atoms with van der Waals surface area (Å²) in [4.78, 5) is 2.01. The first kappa shape index (κ1) is 10.9. The van der Waals surface area contributed by atoms with Crippen molar-refractivity contribution in [2.75, 3.05) is 31.1 Å². The van der Waals surface area contributed by atoms with Gasteiger partial charge in [-0.05, 0) is 13.3 Å². The van der Waals surface area contributed by atoms with Gasteiger partial charge in [-0.1, -0.05) is 0 Å². The molecule has 13 heavy (non-hydrogen) atoms. The molecule has 1 aliphatic rings. The molecular formula is C8H16FNO2S. The zero-order valence-corrected chi connectivity index (χ0v) is 8.69. The molecule has 78 valence electrons. The van der Waals surface area contributed by atoms with Gasteiger partial charge < -0.3 is 4.90 Å². The first-order chi connectivity index (χ1) is 5.99. The zero-order valence-electron chi connectivity index (χ0n) is 7.87. The maximum atomic E-state index is 12.5. The van der Waals surface area contributed by atoms with E-state index in [1.807, 2.05) is 4.90 Å². The molecule has 0 bridgehead atoms. The predicted molar refractivity (Wildman–Crippen MR) is 50.3 cm³/mol. The molecule has 1 atom stereocenters. The van der Waals surface area contributed by atoms with Crippen LogP contribution in [0, 0.1) is 0 Å². The Kier molecular flexibility index (Phi) is 3.67. The van der Waals surface area contributed by atoms with E-state index in [1.165, 1.54) is 6.92 Å². The van der Waals surface area contributed by atoms with Crippen LogP contribution in [0.5, 0.6) is 0 Å². The van der Waals surface area contributed by atoms with E-state index in [0.29, 0.717) is 26.1 Å². The summed E-state index contributed by atoms with van der Waals surface area (Å²) in [5.74, 6) is 0.460. The SMILES string of the molecule is CC(F)CCN1CCS(=O)(=O)CC1. The number of halogens is 1. The van der Waals surface area contributed by atoms with Crippen LogP contribution >= 0.6 is 0 Å². The Hall–Kier alpha value is -0.160. The fourth-order valence-corrected chi connectivity index (χ4v) is 2.61. The molecule has 0 radical (unpaired) electrons. The molecule has 3 nitrogen and oxygen atoms in total. The van der Waals surface area contributed by atoms with E-state index in [0.717, 1.165) is 0 Å². The summed E-state index contributed by atoms with van der Waals surface area (Å²) in [5.41, 5.74) is 0. The van der Waals surface area contributed by atoms with Crippen LogP contribution in [0.25, 0.3) is 0 Å². The number of sulfone groups is 1. The highest BCUT2D eigenvalue weighted by Gasteiger charge is 2.21. The normalized spacial score (nSPS) is 25.7. The van der Waals surface area contributed by atoms with E-state index >= 15 is 0 Å². The van der Waals surface area contributed by atoms with Gasteiger partial charge in [0.2, 0.25) is 0 Å². The van der Waals surface area contributed by atoms with E-state index in [1.54, 1.807) is 0 Å². The van der Waals surface area contributed by atoms with Gasteiger partial charge >= 0.3 is 0 Å². The summed E-state index contributed by atoms with van der Waals surface area (Å²) in [5, 5.41) is 0. The molecule has 1 fully saturated rings. The van der Waals surface area contributed by atoms with Crippen molar-refractivity contribution < 1.29 is 12.8 Å². The van der Waals surface area contributed by atoms with Gasteiger partial charge in [0, 0.05) is 19.6 Å². The van der Waals surface area contributed by atoms with E-state index in [4.69, 9.17) is 0 Å². The van der Waals surface area contributed by atoms with Gasteiger partial charge in [0.25, 0.3) is 0 Å². The molecule has 1 heterocycles. The molecule has 0 saturated carbocycles. The highest BCUT2D eigenvalue weighted by molar-refractivity contribution is 7.91. The predicted octanol–water partition coefficient (Wildman–Crippen LogP) is 0.465. The summed E-state index contributed by atoms with van der Waals surface area (Å²) in [6.45, 7) is 3.33.